The molecule has 3 N–H and O–H groups in total. The van der Waals surface area contributed by atoms with E-state index in [0.29, 0.717) is 0 Å². The minimum absolute atomic E-state index is 0.000905. The van der Waals surface area contributed by atoms with Gasteiger partial charge in [0.2, 0.25) is 0 Å². The molecule has 1 aliphatic heterocycles. The van der Waals surface area contributed by atoms with Gasteiger partial charge in [0.05, 0.1) is 12.6 Å². The number of hydrogen-bond acceptors (Lipinski definition) is 4. The zero-order valence-corrected chi connectivity index (χ0v) is 17.3. The first-order valence-corrected chi connectivity index (χ1v) is 10.7. The van der Waals surface area contributed by atoms with Crippen molar-refractivity contribution in [3.8, 4) is 11.5 Å². The van der Waals surface area contributed by atoms with Crippen LogP contribution in [-0.4, -0.2) is 39.9 Å². The molecule has 0 saturated carbocycles. The molecule has 1 unspecified atom stereocenters. The number of H-pyrrole nitrogens is 1. The fraction of sp³-hybridized carbons (Fsp3) is 0.231. The van der Waals surface area contributed by atoms with E-state index in [1.165, 1.54) is 16.6 Å². The van der Waals surface area contributed by atoms with E-state index < -0.39 is 0 Å². The van der Waals surface area contributed by atoms with E-state index in [1.807, 2.05) is 30.3 Å². The highest BCUT2D eigenvalue weighted by atomic mass is 16.5. The fourth-order valence-electron chi connectivity index (χ4n) is 4.67. The Labute approximate surface area is 181 Å². The number of rotatable bonds is 6. The number of nitrogens with one attached hydrogen (secondary N) is 1. The Morgan fingerprint density at radius 1 is 1.00 bits per heavy atom. The Morgan fingerprint density at radius 2 is 1.87 bits per heavy atom. The maximum atomic E-state index is 10.2. The second kappa shape index (κ2) is 8.46. The van der Waals surface area contributed by atoms with E-state index in [-0.39, 0.29) is 25.0 Å². The summed E-state index contributed by atoms with van der Waals surface area (Å²) < 4.78 is 5.60. The van der Waals surface area contributed by atoms with Crippen LogP contribution in [-0.2, 0) is 13.0 Å². The summed E-state index contributed by atoms with van der Waals surface area (Å²) in [6, 6.07) is 24.1. The number of fused-ring (bicyclic) bond motifs is 3. The van der Waals surface area contributed by atoms with Gasteiger partial charge in [-0.15, -0.1) is 0 Å². The highest BCUT2D eigenvalue weighted by Crippen LogP contribution is 2.39. The standard InChI is InChI=1S/C26H26N2O3/c29-13-14-31-21-8-3-5-18(15-21)17-28-12-11-23-22-9-1-2-10-24(22)27-25(23)26(28)19-6-4-7-20(30)16-19/h1-10,15-16,26-27,29-30H,11-14,17H2. The molecule has 0 saturated heterocycles. The van der Waals surface area contributed by atoms with Gasteiger partial charge in [0, 0.05) is 29.7 Å². The molecule has 5 heteroatoms. The van der Waals surface area contributed by atoms with Gasteiger partial charge in [0.25, 0.3) is 0 Å². The number of para-hydroxylation sites is 1. The number of aliphatic hydroxyl groups excluding tert-OH is 1. The van der Waals surface area contributed by atoms with Gasteiger partial charge in [-0.3, -0.25) is 4.90 Å². The van der Waals surface area contributed by atoms with Crippen molar-refractivity contribution in [1.82, 2.24) is 9.88 Å². The van der Waals surface area contributed by atoms with E-state index in [0.717, 1.165) is 41.9 Å². The monoisotopic (exact) mass is 414 g/mol. The lowest BCUT2D eigenvalue weighted by molar-refractivity contribution is 0.197. The van der Waals surface area contributed by atoms with Gasteiger partial charge in [-0.05, 0) is 53.4 Å². The predicted octanol–water partition coefficient (Wildman–Crippen LogP) is 4.39. The third kappa shape index (κ3) is 3.90. The molecule has 5 nitrogen and oxygen atoms in total. The van der Waals surface area contributed by atoms with Crippen LogP contribution in [0.2, 0.25) is 0 Å². The number of aromatic nitrogens is 1. The molecule has 158 valence electrons. The largest absolute Gasteiger partial charge is 0.508 e. The molecule has 0 amide bonds. The molecule has 0 aliphatic carbocycles. The SMILES string of the molecule is OCCOc1cccc(CN2CCc3c([nH]c4ccccc34)C2c2cccc(O)c2)c1. The topological polar surface area (TPSA) is 68.7 Å². The molecule has 4 aromatic rings. The van der Waals surface area contributed by atoms with Gasteiger partial charge in [0.15, 0.2) is 0 Å². The van der Waals surface area contributed by atoms with Crippen molar-refractivity contribution in [2.75, 3.05) is 19.8 Å². The second-order valence-corrected chi connectivity index (χ2v) is 8.00. The quantitative estimate of drug-likeness (QED) is 0.438. The van der Waals surface area contributed by atoms with Crippen LogP contribution in [0.5, 0.6) is 11.5 Å². The van der Waals surface area contributed by atoms with Crippen LogP contribution in [0.25, 0.3) is 10.9 Å². The van der Waals surface area contributed by atoms with Crippen LogP contribution in [0.4, 0.5) is 0 Å². The minimum Gasteiger partial charge on any atom is -0.508 e. The third-order valence-electron chi connectivity index (χ3n) is 5.96. The first-order chi connectivity index (χ1) is 15.2. The molecular weight excluding hydrogens is 388 g/mol. The van der Waals surface area contributed by atoms with Crippen molar-refractivity contribution in [3.05, 3.63) is 95.2 Å². The normalized spacial score (nSPS) is 16.4. The molecule has 31 heavy (non-hydrogen) atoms. The summed E-state index contributed by atoms with van der Waals surface area (Å²) in [5.41, 5.74) is 5.94. The van der Waals surface area contributed by atoms with Gasteiger partial charge in [-0.2, -0.15) is 0 Å². The fourth-order valence-corrected chi connectivity index (χ4v) is 4.67. The van der Waals surface area contributed by atoms with Gasteiger partial charge in [-0.1, -0.05) is 42.5 Å². The smallest absolute Gasteiger partial charge is 0.119 e. The van der Waals surface area contributed by atoms with E-state index in [2.05, 4.69) is 46.3 Å². The molecule has 1 atom stereocenters. The van der Waals surface area contributed by atoms with Crippen molar-refractivity contribution in [3.63, 3.8) is 0 Å². The Bertz CT molecular complexity index is 1200. The van der Waals surface area contributed by atoms with E-state index in [1.54, 1.807) is 6.07 Å². The molecule has 3 aromatic carbocycles. The zero-order chi connectivity index (χ0) is 21.2. The van der Waals surface area contributed by atoms with Crippen molar-refractivity contribution in [1.29, 1.82) is 0 Å². The Kier molecular flexibility index (Phi) is 5.37. The van der Waals surface area contributed by atoms with Crippen LogP contribution in [0.15, 0.2) is 72.8 Å². The first kappa shape index (κ1) is 19.7. The van der Waals surface area contributed by atoms with Crippen molar-refractivity contribution in [2.24, 2.45) is 0 Å². The summed E-state index contributed by atoms with van der Waals surface area (Å²) in [6.45, 7) is 1.96. The van der Waals surface area contributed by atoms with Gasteiger partial charge < -0.3 is 19.9 Å². The maximum absolute atomic E-state index is 10.2. The second-order valence-electron chi connectivity index (χ2n) is 8.00. The summed E-state index contributed by atoms with van der Waals surface area (Å²) >= 11 is 0. The number of aliphatic hydroxyl groups is 1. The predicted molar refractivity (Wildman–Crippen MR) is 121 cm³/mol. The Balaban J connectivity index is 1.54. The molecule has 1 aromatic heterocycles. The number of ether oxygens (including phenoxy) is 1. The van der Waals surface area contributed by atoms with Crippen LogP contribution in [0.3, 0.4) is 0 Å². The number of nitrogens with zero attached hydrogens (tertiary/aromatic N) is 1. The summed E-state index contributed by atoms with van der Waals surface area (Å²) in [6.07, 6.45) is 0.968. The Hall–Kier alpha value is -3.28. The molecule has 0 bridgehead atoms. The first-order valence-electron chi connectivity index (χ1n) is 10.7. The summed E-state index contributed by atoms with van der Waals surface area (Å²) in [5, 5.41) is 20.5. The van der Waals surface area contributed by atoms with Gasteiger partial charge >= 0.3 is 0 Å². The number of phenols is 1. The van der Waals surface area contributed by atoms with E-state index in [4.69, 9.17) is 9.84 Å². The lowest BCUT2D eigenvalue weighted by Gasteiger charge is -2.36. The highest BCUT2D eigenvalue weighted by molar-refractivity contribution is 5.85. The molecule has 0 radical (unpaired) electrons. The number of benzene rings is 3. The summed E-state index contributed by atoms with van der Waals surface area (Å²) in [7, 11) is 0. The average molecular weight is 415 g/mol. The van der Waals surface area contributed by atoms with Gasteiger partial charge in [0.1, 0.15) is 18.1 Å². The third-order valence-corrected chi connectivity index (χ3v) is 5.96. The number of aromatic amines is 1. The lowest BCUT2D eigenvalue weighted by Crippen LogP contribution is -2.35. The van der Waals surface area contributed by atoms with Crippen molar-refractivity contribution >= 4 is 10.9 Å². The van der Waals surface area contributed by atoms with Crippen LogP contribution in [0.1, 0.15) is 28.4 Å². The van der Waals surface area contributed by atoms with Crippen LogP contribution >= 0.6 is 0 Å². The van der Waals surface area contributed by atoms with Crippen LogP contribution in [0, 0.1) is 0 Å². The maximum Gasteiger partial charge on any atom is 0.119 e. The molecule has 0 spiro atoms. The average Bonchev–Trinajstić information content (AvgIpc) is 3.16. The number of phenolic OH excluding ortho intramolecular Hbond substituents is 1. The lowest BCUT2D eigenvalue weighted by atomic mass is 9.92. The van der Waals surface area contributed by atoms with E-state index >= 15 is 0 Å². The van der Waals surface area contributed by atoms with Gasteiger partial charge in [-0.25, -0.2) is 0 Å². The molecule has 0 fully saturated rings. The highest BCUT2D eigenvalue weighted by Gasteiger charge is 2.31. The summed E-state index contributed by atoms with van der Waals surface area (Å²) in [5.74, 6) is 1.05. The molecule has 2 heterocycles. The Morgan fingerprint density at radius 3 is 2.74 bits per heavy atom. The minimum atomic E-state index is -0.000905. The van der Waals surface area contributed by atoms with Crippen molar-refractivity contribution in [2.45, 2.75) is 19.0 Å². The number of hydrogen-bond donors (Lipinski definition) is 3. The van der Waals surface area contributed by atoms with Crippen molar-refractivity contribution < 1.29 is 14.9 Å². The number of aromatic hydroxyl groups is 1. The summed E-state index contributed by atoms with van der Waals surface area (Å²) in [4.78, 5) is 6.11. The molecular formula is C26H26N2O3. The molecule has 5 rings (SSSR count). The van der Waals surface area contributed by atoms with E-state index in [9.17, 15) is 5.11 Å². The zero-order valence-electron chi connectivity index (χ0n) is 17.3. The van der Waals surface area contributed by atoms with Crippen LogP contribution < -0.4 is 4.74 Å². The molecule has 1 aliphatic rings.